The molecule has 3 aromatic rings. The first kappa shape index (κ1) is 30.4. The van der Waals surface area contributed by atoms with Crippen molar-refractivity contribution in [2.24, 2.45) is 5.92 Å². The van der Waals surface area contributed by atoms with E-state index in [1.165, 1.54) is 12.3 Å². The number of phenols is 1. The lowest BCUT2D eigenvalue weighted by Crippen LogP contribution is -2.18. The van der Waals surface area contributed by atoms with Crippen molar-refractivity contribution >= 4 is 5.78 Å². The first-order valence-electron chi connectivity index (χ1n) is 12.4. The summed E-state index contributed by atoms with van der Waals surface area (Å²) < 4.78 is 16.5. The van der Waals surface area contributed by atoms with Crippen molar-refractivity contribution < 1.29 is 15.7 Å². The fourth-order valence-corrected chi connectivity index (χ4v) is 3.33. The monoisotopic (exact) mass is 493 g/mol. The van der Waals surface area contributed by atoms with Crippen LogP contribution in [-0.4, -0.2) is 15.5 Å². The van der Waals surface area contributed by atoms with Gasteiger partial charge in [0, 0.05) is 36.9 Å². The zero-order valence-corrected chi connectivity index (χ0v) is 22.8. The van der Waals surface area contributed by atoms with Crippen LogP contribution in [0.25, 0.3) is 22.4 Å². The lowest BCUT2D eigenvalue weighted by molar-refractivity contribution is 0.104. The summed E-state index contributed by atoms with van der Waals surface area (Å²) in [5.74, 6) is -0.702. The standard InChI is InChI=1S/C25H22FNO3.C4H10.C2H6.H2/c1-5-11-27-14-20(22(28)6-2)23(29)13-21(27)17-9-7-15(3)19(12-17)18-10-8-16(4)25(30)24(18)26;1-4(2)3;1-2;/h6,8,10,12-14,30H,2,5,11H2,1,3-4H3;4H,1-3H3;1-2H3;1H. The van der Waals surface area contributed by atoms with E-state index in [2.05, 4.69) is 39.5 Å². The van der Waals surface area contributed by atoms with Gasteiger partial charge in [-0.15, -0.1) is 0 Å². The molecule has 0 saturated heterocycles. The second-order valence-corrected chi connectivity index (χ2v) is 8.87. The van der Waals surface area contributed by atoms with Gasteiger partial charge in [-0.05, 0) is 49.5 Å². The van der Waals surface area contributed by atoms with Crippen molar-refractivity contribution in [1.29, 1.82) is 0 Å². The fraction of sp³-hybridized carbons (Fsp3) is 0.355. The number of nitrogens with zero attached hydrogens (tertiary/aromatic N) is 1. The second kappa shape index (κ2) is 14.0. The van der Waals surface area contributed by atoms with E-state index in [4.69, 9.17) is 0 Å². The molecule has 0 aliphatic carbocycles. The van der Waals surface area contributed by atoms with Gasteiger partial charge in [-0.1, -0.05) is 72.4 Å². The molecular formula is C31H40FNO3. The Kier molecular flexibility index (Phi) is 11.8. The Morgan fingerprint density at radius 2 is 1.78 bits per heavy atom. The highest BCUT2D eigenvalue weighted by Gasteiger charge is 2.17. The maximum atomic E-state index is 14.7. The van der Waals surface area contributed by atoms with Gasteiger partial charge in [0.1, 0.15) is 0 Å². The lowest BCUT2D eigenvalue weighted by Gasteiger charge is -2.15. The number of carbonyl (C=O) groups excluding carboxylic acids is 1. The summed E-state index contributed by atoms with van der Waals surface area (Å²) in [6, 6.07) is 12.4. The average Bonchev–Trinajstić information content (AvgIpc) is 2.85. The van der Waals surface area contributed by atoms with Gasteiger partial charge in [0.15, 0.2) is 22.8 Å². The smallest absolute Gasteiger partial charge is 0.193 e. The highest BCUT2D eigenvalue weighted by molar-refractivity contribution is 6.04. The molecule has 194 valence electrons. The summed E-state index contributed by atoms with van der Waals surface area (Å²) in [6.07, 6.45) is 3.42. The van der Waals surface area contributed by atoms with Crippen LogP contribution >= 0.6 is 0 Å². The first-order valence-corrected chi connectivity index (χ1v) is 12.4. The molecule has 0 unspecified atom stereocenters. The zero-order chi connectivity index (χ0) is 27.6. The number of benzene rings is 1. The van der Waals surface area contributed by atoms with Crippen LogP contribution in [0.4, 0.5) is 4.39 Å². The van der Waals surface area contributed by atoms with Gasteiger partial charge in [-0.3, -0.25) is 9.59 Å². The number of hydrogen-bond donors (Lipinski definition) is 1. The summed E-state index contributed by atoms with van der Waals surface area (Å²) >= 11 is 0. The number of pyridine rings is 1. The Morgan fingerprint density at radius 1 is 1.17 bits per heavy atom. The van der Waals surface area contributed by atoms with Crippen LogP contribution in [0.3, 0.4) is 0 Å². The molecular weight excluding hydrogens is 453 g/mol. The molecule has 0 spiro atoms. The van der Waals surface area contributed by atoms with E-state index in [0.717, 1.165) is 18.4 Å². The van der Waals surface area contributed by atoms with Crippen LogP contribution in [0, 0.1) is 37.7 Å². The van der Waals surface area contributed by atoms with Crippen LogP contribution in [0.5, 0.6) is 5.75 Å². The van der Waals surface area contributed by atoms with Gasteiger partial charge in [0.2, 0.25) is 0 Å². The normalized spacial score (nSPS) is 9.94. The molecule has 3 rings (SSSR count). The maximum Gasteiger partial charge on any atom is 0.193 e. The van der Waals surface area contributed by atoms with Gasteiger partial charge in [-0.2, -0.15) is 0 Å². The number of carbonyl (C=O) groups is 1. The first-order chi connectivity index (χ1) is 17.0. The van der Waals surface area contributed by atoms with E-state index >= 15 is 0 Å². The van der Waals surface area contributed by atoms with Crippen molar-refractivity contribution in [3.63, 3.8) is 0 Å². The zero-order valence-electron chi connectivity index (χ0n) is 22.8. The Balaban J connectivity index is 0.00000169. The number of phenolic OH excluding ortho intramolecular Hbond substituents is 1. The van der Waals surface area contributed by atoms with E-state index in [9.17, 15) is 19.1 Å². The number of aromatic hydroxyl groups is 1. The molecule has 5 heteroatoms. The molecule has 0 radical (unpaired) electrons. The van der Waals surface area contributed by atoms with E-state index < -0.39 is 22.8 Å². The minimum absolute atomic E-state index is 0. The average molecular weight is 494 g/mol. The molecule has 1 N–H and O–H groups in total. The van der Waals surface area contributed by atoms with E-state index in [1.807, 2.05) is 20.8 Å². The second-order valence-electron chi connectivity index (χ2n) is 8.87. The van der Waals surface area contributed by atoms with Crippen molar-refractivity contribution in [3.8, 4) is 28.1 Å². The quantitative estimate of drug-likeness (QED) is 0.280. The third kappa shape index (κ3) is 7.42. The summed E-state index contributed by atoms with van der Waals surface area (Å²) in [5, 5.41) is 10.0. The predicted octanol–water partition coefficient (Wildman–Crippen LogP) is 7.96. The molecule has 0 fully saturated rings. The number of aromatic nitrogens is 1. The molecule has 0 atom stereocenters. The molecule has 2 aromatic carbocycles. The Labute approximate surface area is 216 Å². The largest absolute Gasteiger partial charge is 0.505 e. The number of ketones is 1. The molecule has 0 saturated carbocycles. The Morgan fingerprint density at radius 3 is 2.33 bits per heavy atom. The summed E-state index contributed by atoms with van der Waals surface area (Å²) in [5.41, 5.74) is 2.60. The maximum absolute atomic E-state index is 14.7. The molecule has 0 aliphatic rings. The minimum atomic E-state index is -0.707. The van der Waals surface area contributed by atoms with Crippen LogP contribution < -0.4 is 5.43 Å². The lowest BCUT2D eigenvalue weighted by atomic mass is 9.96. The molecule has 0 amide bonds. The van der Waals surface area contributed by atoms with Crippen LogP contribution in [0.2, 0.25) is 0 Å². The van der Waals surface area contributed by atoms with Crippen molar-refractivity contribution in [2.75, 3.05) is 0 Å². The topological polar surface area (TPSA) is 59.3 Å². The SMILES string of the molecule is C=CC(=O)c1cn(CCC)c(-c2c#cc(C)c(-c3ccc(C)c(O)c3F)c2)cc1=O.CC.CC(C)C.[HH]. The van der Waals surface area contributed by atoms with Crippen molar-refractivity contribution in [3.05, 3.63) is 88.0 Å². The number of hydrogen-bond acceptors (Lipinski definition) is 3. The highest BCUT2D eigenvalue weighted by Crippen LogP contribution is 2.34. The fourth-order valence-electron chi connectivity index (χ4n) is 3.33. The summed E-state index contributed by atoms with van der Waals surface area (Å²) in [7, 11) is 0. The number of rotatable bonds is 6. The van der Waals surface area contributed by atoms with Crippen molar-refractivity contribution in [1.82, 2.24) is 4.57 Å². The van der Waals surface area contributed by atoms with E-state index in [1.54, 1.807) is 36.6 Å². The Hall–Kier alpha value is -3.65. The molecule has 1 heterocycles. The van der Waals surface area contributed by atoms with Crippen LogP contribution in [-0.2, 0) is 6.54 Å². The molecule has 0 bridgehead atoms. The van der Waals surface area contributed by atoms with Crippen LogP contribution in [0.1, 0.15) is 70.9 Å². The summed E-state index contributed by atoms with van der Waals surface area (Å²) in [6.45, 7) is 19.9. The van der Waals surface area contributed by atoms with Crippen LogP contribution in [0.15, 0.2) is 47.9 Å². The third-order valence-electron chi connectivity index (χ3n) is 5.00. The van der Waals surface area contributed by atoms with Crippen molar-refractivity contribution in [2.45, 2.75) is 68.4 Å². The summed E-state index contributed by atoms with van der Waals surface area (Å²) in [4.78, 5) is 24.5. The van der Waals surface area contributed by atoms with Gasteiger partial charge in [0.25, 0.3) is 0 Å². The van der Waals surface area contributed by atoms with Gasteiger partial charge >= 0.3 is 0 Å². The molecule has 0 aliphatic heterocycles. The number of halogens is 1. The van der Waals surface area contributed by atoms with E-state index in [0.29, 0.717) is 34.5 Å². The number of allylic oxidation sites excluding steroid dienone is 1. The highest BCUT2D eigenvalue weighted by atomic mass is 19.1. The van der Waals surface area contributed by atoms with Gasteiger partial charge in [0.05, 0.1) is 11.3 Å². The number of aryl methyl sites for hydroxylation is 2. The molecule has 1 aromatic heterocycles. The minimum Gasteiger partial charge on any atom is -0.505 e. The predicted molar refractivity (Wildman–Crippen MR) is 149 cm³/mol. The van der Waals surface area contributed by atoms with Gasteiger partial charge < -0.3 is 9.67 Å². The Bertz CT molecular complexity index is 1260. The third-order valence-corrected chi connectivity index (χ3v) is 5.00. The van der Waals surface area contributed by atoms with E-state index in [-0.39, 0.29) is 12.6 Å². The van der Waals surface area contributed by atoms with Gasteiger partial charge in [-0.25, -0.2) is 4.39 Å². The molecule has 4 nitrogen and oxygen atoms in total. The molecule has 36 heavy (non-hydrogen) atoms.